The van der Waals surface area contributed by atoms with Crippen molar-refractivity contribution in [3.63, 3.8) is 0 Å². The monoisotopic (exact) mass is 380 g/mol. The van der Waals surface area contributed by atoms with Crippen molar-refractivity contribution in [3.05, 3.63) is 76.0 Å². The summed E-state index contributed by atoms with van der Waals surface area (Å²) in [7, 11) is 0. The van der Waals surface area contributed by atoms with Crippen molar-refractivity contribution in [1.29, 1.82) is 0 Å². The summed E-state index contributed by atoms with van der Waals surface area (Å²) in [5.41, 5.74) is 1.57. The fourth-order valence-corrected chi connectivity index (χ4v) is 3.91. The zero-order chi connectivity index (χ0) is 16.8. The molecule has 4 nitrogen and oxygen atoms in total. The van der Waals surface area contributed by atoms with Crippen molar-refractivity contribution < 1.29 is 9.59 Å². The summed E-state index contributed by atoms with van der Waals surface area (Å²) in [5.74, 6) is -0.546. The highest BCUT2D eigenvalue weighted by atomic mass is 79.9. The van der Waals surface area contributed by atoms with Crippen LogP contribution in [0, 0.1) is 0 Å². The van der Waals surface area contributed by atoms with Gasteiger partial charge in [0, 0.05) is 16.1 Å². The van der Waals surface area contributed by atoms with E-state index >= 15 is 0 Å². The van der Waals surface area contributed by atoms with Gasteiger partial charge in [-0.1, -0.05) is 36.4 Å². The van der Waals surface area contributed by atoms with Crippen LogP contribution in [0.4, 0.5) is 0 Å². The zero-order valence-electron chi connectivity index (χ0n) is 12.9. The van der Waals surface area contributed by atoms with Crippen molar-refractivity contribution in [2.24, 2.45) is 0 Å². The van der Waals surface area contributed by atoms with Gasteiger partial charge in [-0.3, -0.25) is 19.5 Å². The molecule has 2 aromatic carbocycles. The molecule has 0 saturated heterocycles. The standard InChI is InChI=1S/C19H13BrN2O2/c1-11(17-16(20)13-7-3-2-6-12(13)10-21-17)22-18(23)14-8-4-5-9-15(14)19(22)24/h2-11H,1H3. The lowest BCUT2D eigenvalue weighted by Gasteiger charge is -2.23. The highest BCUT2D eigenvalue weighted by Gasteiger charge is 2.39. The largest absolute Gasteiger partial charge is 0.269 e. The number of carbonyl (C=O) groups excluding carboxylic acids is 2. The summed E-state index contributed by atoms with van der Waals surface area (Å²) >= 11 is 3.59. The van der Waals surface area contributed by atoms with Crippen LogP contribution in [0.2, 0.25) is 0 Å². The summed E-state index contributed by atoms with van der Waals surface area (Å²) in [4.78, 5) is 31.1. The number of imide groups is 1. The topological polar surface area (TPSA) is 50.3 Å². The van der Waals surface area contributed by atoms with Crippen LogP contribution in [0.5, 0.6) is 0 Å². The van der Waals surface area contributed by atoms with E-state index in [1.807, 2.05) is 31.2 Å². The number of hydrogen-bond acceptors (Lipinski definition) is 3. The first kappa shape index (κ1) is 15.0. The maximum atomic E-state index is 12.7. The van der Waals surface area contributed by atoms with Crippen LogP contribution in [0.1, 0.15) is 39.4 Å². The van der Waals surface area contributed by atoms with E-state index in [9.17, 15) is 9.59 Å². The Balaban J connectivity index is 1.80. The summed E-state index contributed by atoms with van der Waals surface area (Å²) in [6.07, 6.45) is 1.77. The maximum Gasteiger partial charge on any atom is 0.262 e. The number of hydrogen-bond donors (Lipinski definition) is 0. The Bertz CT molecular complexity index is 965. The van der Waals surface area contributed by atoms with Crippen LogP contribution in [-0.2, 0) is 0 Å². The Hall–Kier alpha value is -2.53. The molecule has 1 aromatic heterocycles. The van der Waals surface area contributed by atoms with E-state index in [0.717, 1.165) is 15.2 Å². The minimum Gasteiger partial charge on any atom is -0.269 e. The molecule has 0 saturated carbocycles. The predicted molar refractivity (Wildman–Crippen MR) is 94.8 cm³/mol. The molecule has 24 heavy (non-hydrogen) atoms. The number of nitrogens with zero attached hydrogens (tertiary/aromatic N) is 2. The highest BCUT2D eigenvalue weighted by Crippen LogP contribution is 2.35. The highest BCUT2D eigenvalue weighted by molar-refractivity contribution is 9.10. The molecule has 1 aliphatic heterocycles. The van der Waals surface area contributed by atoms with Crippen molar-refractivity contribution in [2.75, 3.05) is 0 Å². The third-order valence-corrected chi connectivity index (χ3v) is 5.21. The molecular weight excluding hydrogens is 368 g/mol. The van der Waals surface area contributed by atoms with Crippen LogP contribution in [-0.4, -0.2) is 21.7 Å². The summed E-state index contributed by atoms with van der Waals surface area (Å²) < 4.78 is 0.810. The van der Waals surface area contributed by atoms with E-state index in [1.165, 1.54) is 4.90 Å². The van der Waals surface area contributed by atoms with Gasteiger partial charge in [0.25, 0.3) is 11.8 Å². The summed E-state index contributed by atoms with van der Waals surface area (Å²) in [5, 5.41) is 2.01. The smallest absolute Gasteiger partial charge is 0.262 e. The number of aromatic nitrogens is 1. The van der Waals surface area contributed by atoms with Gasteiger partial charge in [-0.15, -0.1) is 0 Å². The van der Waals surface area contributed by atoms with E-state index in [4.69, 9.17) is 0 Å². The molecule has 0 bridgehead atoms. The van der Waals surface area contributed by atoms with E-state index in [-0.39, 0.29) is 11.8 Å². The number of amides is 2. The number of pyridine rings is 1. The third kappa shape index (κ3) is 2.08. The number of rotatable bonds is 2. The Morgan fingerprint density at radius 3 is 2.21 bits per heavy atom. The summed E-state index contributed by atoms with van der Waals surface area (Å²) in [6, 6.07) is 14.3. The molecule has 118 valence electrons. The second-order valence-corrected chi connectivity index (χ2v) is 6.54. The molecule has 2 heterocycles. The van der Waals surface area contributed by atoms with Crippen molar-refractivity contribution in [3.8, 4) is 0 Å². The van der Waals surface area contributed by atoms with Gasteiger partial charge in [0.15, 0.2) is 0 Å². The Kier molecular flexibility index (Phi) is 3.46. The number of fused-ring (bicyclic) bond motifs is 2. The first-order valence-electron chi connectivity index (χ1n) is 7.59. The van der Waals surface area contributed by atoms with Crippen LogP contribution in [0.3, 0.4) is 0 Å². The second-order valence-electron chi connectivity index (χ2n) is 5.75. The molecule has 1 unspecified atom stereocenters. The molecule has 3 aromatic rings. The SMILES string of the molecule is CC(c1ncc2ccccc2c1Br)N1C(=O)c2ccccc2C1=O. The van der Waals surface area contributed by atoms with Crippen molar-refractivity contribution >= 4 is 38.5 Å². The molecule has 1 atom stereocenters. The fraction of sp³-hybridized carbons (Fsp3) is 0.105. The van der Waals surface area contributed by atoms with Gasteiger partial charge in [-0.25, -0.2) is 0 Å². The molecule has 0 aliphatic carbocycles. The molecule has 2 amide bonds. The van der Waals surface area contributed by atoms with Gasteiger partial charge in [-0.05, 0) is 40.4 Å². The van der Waals surface area contributed by atoms with Crippen LogP contribution in [0.15, 0.2) is 59.2 Å². The van der Waals surface area contributed by atoms with Crippen molar-refractivity contribution in [2.45, 2.75) is 13.0 Å². The number of carbonyl (C=O) groups is 2. The number of halogens is 1. The molecule has 1 aliphatic rings. The van der Waals surface area contributed by atoms with Gasteiger partial charge in [0.1, 0.15) is 0 Å². The molecule has 0 N–H and O–H groups in total. The minimum absolute atomic E-state index is 0.273. The molecule has 0 radical (unpaired) electrons. The molecule has 4 rings (SSSR count). The second kappa shape index (κ2) is 5.53. The Morgan fingerprint density at radius 1 is 0.958 bits per heavy atom. The lowest BCUT2D eigenvalue weighted by Crippen LogP contribution is -2.33. The lowest BCUT2D eigenvalue weighted by atomic mass is 10.1. The van der Waals surface area contributed by atoms with Crippen LogP contribution >= 0.6 is 15.9 Å². The average Bonchev–Trinajstić information content (AvgIpc) is 2.86. The van der Waals surface area contributed by atoms with E-state index < -0.39 is 6.04 Å². The van der Waals surface area contributed by atoms with Gasteiger partial charge in [-0.2, -0.15) is 0 Å². The minimum atomic E-state index is -0.462. The van der Waals surface area contributed by atoms with E-state index in [1.54, 1.807) is 30.5 Å². The van der Waals surface area contributed by atoms with E-state index in [0.29, 0.717) is 16.8 Å². The van der Waals surface area contributed by atoms with Crippen molar-refractivity contribution in [1.82, 2.24) is 9.88 Å². The normalized spacial score (nSPS) is 15.0. The Morgan fingerprint density at radius 2 is 1.54 bits per heavy atom. The fourth-order valence-electron chi connectivity index (χ4n) is 3.12. The lowest BCUT2D eigenvalue weighted by molar-refractivity contribution is 0.0592. The van der Waals surface area contributed by atoms with Gasteiger partial charge in [0.05, 0.1) is 22.9 Å². The first-order valence-corrected chi connectivity index (χ1v) is 8.39. The molecular formula is C19H13BrN2O2. The Labute approximate surface area is 147 Å². The third-order valence-electron chi connectivity index (χ3n) is 4.37. The number of benzene rings is 2. The zero-order valence-corrected chi connectivity index (χ0v) is 14.4. The molecule has 5 heteroatoms. The average molecular weight is 381 g/mol. The first-order chi connectivity index (χ1) is 11.6. The van der Waals surface area contributed by atoms with Gasteiger partial charge >= 0.3 is 0 Å². The van der Waals surface area contributed by atoms with Gasteiger partial charge in [0.2, 0.25) is 0 Å². The van der Waals surface area contributed by atoms with Crippen LogP contribution < -0.4 is 0 Å². The summed E-state index contributed by atoms with van der Waals surface area (Å²) in [6.45, 7) is 1.82. The van der Waals surface area contributed by atoms with E-state index in [2.05, 4.69) is 20.9 Å². The molecule has 0 fully saturated rings. The quantitative estimate of drug-likeness (QED) is 0.620. The van der Waals surface area contributed by atoms with Crippen LogP contribution in [0.25, 0.3) is 10.8 Å². The predicted octanol–water partition coefficient (Wildman–Crippen LogP) is 4.35. The van der Waals surface area contributed by atoms with Gasteiger partial charge < -0.3 is 0 Å². The maximum absolute atomic E-state index is 12.7. The molecule has 0 spiro atoms.